The van der Waals surface area contributed by atoms with Crippen LogP contribution in [0.2, 0.25) is 0 Å². The highest BCUT2D eigenvalue weighted by molar-refractivity contribution is 8.02. The fraction of sp³-hybridized carbons (Fsp3) is 0.500. The van der Waals surface area contributed by atoms with Crippen molar-refractivity contribution in [3.63, 3.8) is 0 Å². The molecule has 1 N–H and O–H groups in total. The lowest BCUT2D eigenvalue weighted by atomic mass is 10.0. The number of nitrogens with zero attached hydrogens (tertiary/aromatic N) is 1. The van der Waals surface area contributed by atoms with Gasteiger partial charge in [0, 0.05) is 6.20 Å². The Hall–Kier alpha value is -0.970. The second-order valence-electron chi connectivity index (χ2n) is 3.22. The largest absolute Gasteiger partial charge is 0.480 e. The van der Waals surface area contributed by atoms with Gasteiger partial charge in [-0.15, -0.1) is 11.8 Å². The van der Waals surface area contributed by atoms with Gasteiger partial charge < -0.3 is 10.0 Å². The Kier molecular flexibility index (Phi) is 2.66. The Labute approximate surface area is 80.6 Å². The van der Waals surface area contributed by atoms with Crippen LogP contribution in [-0.4, -0.2) is 33.2 Å². The number of carbonyl (C=O) groups is 2. The molecule has 0 saturated heterocycles. The molecule has 1 amide bonds. The van der Waals surface area contributed by atoms with Gasteiger partial charge in [0.25, 0.3) is 0 Å². The number of carbonyl (C=O) groups excluding carboxylic acids is 1. The van der Waals surface area contributed by atoms with Crippen LogP contribution < -0.4 is 0 Å². The molecule has 1 heterocycles. The first kappa shape index (κ1) is 10.1. The third-order valence-corrected chi connectivity index (χ3v) is 2.64. The molecule has 0 unspecified atom stereocenters. The zero-order chi connectivity index (χ0) is 10.1. The van der Waals surface area contributed by atoms with Crippen molar-refractivity contribution in [3.8, 4) is 0 Å². The molecule has 72 valence electrons. The van der Waals surface area contributed by atoms with E-state index in [2.05, 4.69) is 0 Å². The maximum Gasteiger partial charge on any atom is 0.329 e. The molecule has 0 radical (unpaired) electrons. The number of hydrogen-bond donors (Lipinski definition) is 1. The fourth-order valence-corrected chi connectivity index (χ4v) is 1.56. The lowest BCUT2D eigenvalue weighted by molar-refractivity contribution is -0.153. The summed E-state index contributed by atoms with van der Waals surface area (Å²) in [5.74, 6) is -0.856. The average Bonchev–Trinajstić information content (AvgIpc) is 2.04. The summed E-state index contributed by atoms with van der Waals surface area (Å²) in [6.07, 6.45) is 1.52. The predicted molar refractivity (Wildman–Crippen MR) is 50.2 cm³/mol. The quantitative estimate of drug-likeness (QED) is 0.721. The summed E-state index contributed by atoms with van der Waals surface area (Å²) in [4.78, 5) is 23.4. The lowest BCUT2D eigenvalue weighted by Crippen LogP contribution is -2.51. The van der Waals surface area contributed by atoms with Gasteiger partial charge in [-0.1, -0.05) is 0 Å². The van der Waals surface area contributed by atoms with Crippen LogP contribution in [0.15, 0.2) is 11.6 Å². The highest BCUT2D eigenvalue weighted by Crippen LogP contribution is 2.22. The summed E-state index contributed by atoms with van der Waals surface area (Å²) in [6, 6.07) is 0. The molecule has 1 rings (SSSR count). The summed E-state index contributed by atoms with van der Waals surface area (Å²) in [6.45, 7) is 3.02. The lowest BCUT2D eigenvalue weighted by Gasteiger charge is -2.33. The van der Waals surface area contributed by atoms with Crippen molar-refractivity contribution in [3.05, 3.63) is 11.6 Å². The minimum Gasteiger partial charge on any atom is -0.480 e. The molecule has 0 spiro atoms. The molecular weight excluding hydrogens is 190 g/mol. The summed E-state index contributed by atoms with van der Waals surface area (Å²) >= 11 is 1.37. The molecule has 0 aromatic heterocycles. The van der Waals surface area contributed by atoms with Crippen LogP contribution in [0.3, 0.4) is 0 Å². The topological polar surface area (TPSA) is 57.6 Å². The van der Waals surface area contributed by atoms with Crippen LogP contribution in [0.1, 0.15) is 13.8 Å². The minimum absolute atomic E-state index is 0.167. The smallest absolute Gasteiger partial charge is 0.329 e. The number of carboxylic acids is 1. The Bertz CT molecular complexity index is 273. The molecular formula is C8H11NO3S. The Balaban J connectivity index is 2.92. The summed E-state index contributed by atoms with van der Waals surface area (Å²) < 4.78 is 0. The number of amides is 1. The minimum atomic E-state index is -1.16. The van der Waals surface area contributed by atoms with Gasteiger partial charge in [-0.05, 0) is 19.3 Å². The number of rotatable bonds is 2. The first-order valence-corrected chi connectivity index (χ1v) is 4.85. The summed E-state index contributed by atoms with van der Waals surface area (Å²) in [5, 5.41) is 10.6. The van der Waals surface area contributed by atoms with Crippen molar-refractivity contribution >= 4 is 23.6 Å². The normalized spacial score (nSPS) is 17.7. The van der Waals surface area contributed by atoms with E-state index in [1.807, 2.05) is 0 Å². The standard InChI is InChI=1S/C8H11NO3S/c1-8(2,7(11)12)9-3-4-13-5-6(9)10/h3-4H,5H2,1-2H3,(H,11,12). The second kappa shape index (κ2) is 3.41. The van der Waals surface area contributed by atoms with Crippen LogP contribution in [0.25, 0.3) is 0 Å². The van der Waals surface area contributed by atoms with Crippen molar-refractivity contribution in [1.82, 2.24) is 4.90 Å². The maximum absolute atomic E-state index is 11.3. The highest BCUT2D eigenvalue weighted by Gasteiger charge is 2.37. The number of carboxylic acid groups (broad SMARTS) is 1. The van der Waals surface area contributed by atoms with E-state index < -0.39 is 11.5 Å². The van der Waals surface area contributed by atoms with E-state index in [1.54, 1.807) is 5.41 Å². The van der Waals surface area contributed by atoms with E-state index in [0.717, 1.165) is 0 Å². The third-order valence-electron chi connectivity index (χ3n) is 1.91. The Morgan fingerprint density at radius 2 is 2.31 bits per heavy atom. The predicted octanol–water partition coefficient (Wildman–Crippen LogP) is 0.896. The molecule has 1 aliphatic rings. The zero-order valence-electron chi connectivity index (χ0n) is 7.48. The van der Waals surface area contributed by atoms with Crippen LogP contribution >= 0.6 is 11.8 Å². The van der Waals surface area contributed by atoms with E-state index >= 15 is 0 Å². The van der Waals surface area contributed by atoms with Gasteiger partial charge >= 0.3 is 5.97 Å². The second-order valence-corrected chi connectivity index (χ2v) is 4.12. The first-order chi connectivity index (χ1) is 5.96. The van der Waals surface area contributed by atoms with E-state index in [1.165, 1.54) is 36.7 Å². The molecule has 0 fully saturated rings. The van der Waals surface area contributed by atoms with Gasteiger partial charge in [-0.25, -0.2) is 4.79 Å². The molecule has 0 aromatic carbocycles. The highest BCUT2D eigenvalue weighted by atomic mass is 32.2. The number of aliphatic carboxylic acids is 1. The molecule has 0 atom stereocenters. The van der Waals surface area contributed by atoms with Gasteiger partial charge in [0.05, 0.1) is 5.75 Å². The molecule has 13 heavy (non-hydrogen) atoms. The fourth-order valence-electron chi connectivity index (χ4n) is 0.977. The van der Waals surface area contributed by atoms with E-state index in [-0.39, 0.29) is 5.91 Å². The number of thioether (sulfide) groups is 1. The van der Waals surface area contributed by atoms with Gasteiger partial charge in [0.1, 0.15) is 5.54 Å². The van der Waals surface area contributed by atoms with E-state index in [0.29, 0.717) is 5.75 Å². The van der Waals surface area contributed by atoms with Gasteiger partial charge in [0.2, 0.25) is 5.91 Å². The van der Waals surface area contributed by atoms with Crippen molar-refractivity contribution < 1.29 is 14.7 Å². The average molecular weight is 201 g/mol. The molecule has 0 bridgehead atoms. The van der Waals surface area contributed by atoms with Crippen LogP contribution in [0.5, 0.6) is 0 Å². The molecule has 0 saturated carbocycles. The maximum atomic E-state index is 11.3. The van der Waals surface area contributed by atoms with Crippen molar-refractivity contribution in [2.75, 3.05) is 5.75 Å². The van der Waals surface area contributed by atoms with Gasteiger partial charge in [-0.2, -0.15) is 0 Å². The third kappa shape index (κ3) is 1.85. The van der Waals surface area contributed by atoms with Gasteiger partial charge in [0.15, 0.2) is 0 Å². The SMILES string of the molecule is CC(C)(C(=O)O)N1C=CSCC1=O. The molecule has 5 heteroatoms. The van der Waals surface area contributed by atoms with Crippen LogP contribution in [0.4, 0.5) is 0 Å². The Morgan fingerprint density at radius 3 is 2.77 bits per heavy atom. The molecule has 1 aliphatic heterocycles. The Morgan fingerprint density at radius 1 is 1.69 bits per heavy atom. The van der Waals surface area contributed by atoms with Crippen LogP contribution in [-0.2, 0) is 9.59 Å². The van der Waals surface area contributed by atoms with Crippen molar-refractivity contribution in [2.24, 2.45) is 0 Å². The van der Waals surface area contributed by atoms with E-state index in [4.69, 9.17) is 5.11 Å². The monoisotopic (exact) mass is 201 g/mol. The van der Waals surface area contributed by atoms with Gasteiger partial charge in [-0.3, -0.25) is 4.79 Å². The molecule has 4 nitrogen and oxygen atoms in total. The van der Waals surface area contributed by atoms with E-state index in [9.17, 15) is 9.59 Å². The summed E-state index contributed by atoms with van der Waals surface area (Å²) in [5.41, 5.74) is -1.16. The number of hydrogen-bond acceptors (Lipinski definition) is 3. The zero-order valence-corrected chi connectivity index (χ0v) is 8.30. The van der Waals surface area contributed by atoms with Crippen molar-refractivity contribution in [2.45, 2.75) is 19.4 Å². The van der Waals surface area contributed by atoms with Crippen molar-refractivity contribution in [1.29, 1.82) is 0 Å². The molecule has 0 aliphatic carbocycles. The van der Waals surface area contributed by atoms with Crippen LogP contribution in [0, 0.1) is 0 Å². The summed E-state index contributed by atoms with van der Waals surface area (Å²) in [7, 11) is 0. The molecule has 0 aromatic rings. The first-order valence-electron chi connectivity index (χ1n) is 3.80.